The van der Waals surface area contributed by atoms with Gasteiger partial charge in [0.1, 0.15) is 11.4 Å². The van der Waals surface area contributed by atoms with Gasteiger partial charge in [-0.3, -0.25) is 4.98 Å². The standard InChI is InChI=1S/C13H22N2O/c1-6-11(14-5)12-8-7-10(9-15-12)16-13(2,3)4/h7-9,11,14H,6H2,1-5H3. The quantitative estimate of drug-likeness (QED) is 0.850. The van der Waals surface area contributed by atoms with Crippen LogP contribution in [0, 0.1) is 0 Å². The van der Waals surface area contributed by atoms with E-state index in [0.717, 1.165) is 17.9 Å². The molecule has 90 valence electrons. The van der Waals surface area contributed by atoms with E-state index in [1.54, 1.807) is 6.20 Å². The molecule has 0 aliphatic rings. The van der Waals surface area contributed by atoms with Crippen molar-refractivity contribution in [2.75, 3.05) is 7.05 Å². The molecular weight excluding hydrogens is 200 g/mol. The summed E-state index contributed by atoms with van der Waals surface area (Å²) in [7, 11) is 1.95. The van der Waals surface area contributed by atoms with Gasteiger partial charge in [0.15, 0.2) is 0 Å². The van der Waals surface area contributed by atoms with Gasteiger partial charge in [0.25, 0.3) is 0 Å². The second kappa shape index (κ2) is 5.30. The first-order valence-corrected chi connectivity index (χ1v) is 5.78. The highest BCUT2D eigenvalue weighted by atomic mass is 16.5. The Labute approximate surface area is 98.2 Å². The fraction of sp³-hybridized carbons (Fsp3) is 0.615. The lowest BCUT2D eigenvalue weighted by Crippen LogP contribution is -2.23. The zero-order valence-electron chi connectivity index (χ0n) is 10.9. The van der Waals surface area contributed by atoms with Crippen molar-refractivity contribution in [1.82, 2.24) is 10.3 Å². The molecule has 0 fully saturated rings. The van der Waals surface area contributed by atoms with Crippen LogP contribution in [0.15, 0.2) is 18.3 Å². The molecule has 1 aromatic rings. The molecule has 1 aromatic heterocycles. The number of pyridine rings is 1. The van der Waals surface area contributed by atoms with Crippen molar-refractivity contribution in [3.8, 4) is 5.75 Å². The third kappa shape index (κ3) is 3.81. The van der Waals surface area contributed by atoms with Crippen LogP contribution >= 0.6 is 0 Å². The van der Waals surface area contributed by atoms with Gasteiger partial charge in [-0.05, 0) is 46.4 Å². The third-order valence-electron chi connectivity index (χ3n) is 2.30. The highest BCUT2D eigenvalue weighted by Crippen LogP contribution is 2.20. The van der Waals surface area contributed by atoms with Gasteiger partial charge in [-0.1, -0.05) is 6.92 Å². The second-order valence-corrected chi connectivity index (χ2v) is 4.88. The van der Waals surface area contributed by atoms with Crippen LogP contribution in [0.25, 0.3) is 0 Å². The first kappa shape index (κ1) is 13.0. The Morgan fingerprint density at radius 3 is 2.44 bits per heavy atom. The van der Waals surface area contributed by atoms with E-state index in [1.807, 2.05) is 40.0 Å². The van der Waals surface area contributed by atoms with Crippen LogP contribution in [0.2, 0.25) is 0 Å². The molecule has 1 heterocycles. The maximum Gasteiger partial charge on any atom is 0.138 e. The van der Waals surface area contributed by atoms with Crippen molar-refractivity contribution in [2.45, 2.75) is 45.8 Å². The largest absolute Gasteiger partial charge is 0.487 e. The number of aromatic nitrogens is 1. The summed E-state index contributed by atoms with van der Waals surface area (Å²) in [6, 6.07) is 4.32. The number of rotatable bonds is 4. The Balaban J connectivity index is 2.75. The van der Waals surface area contributed by atoms with Crippen molar-refractivity contribution in [3.05, 3.63) is 24.0 Å². The van der Waals surface area contributed by atoms with Crippen molar-refractivity contribution in [2.24, 2.45) is 0 Å². The molecular formula is C13H22N2O. The Morgan fingerprint density at radius 2 is 2.06 bits per heavy atom. The molecule has 0 spiro atoms. The SMILES string of the molecule is CCC(NC)c1ccc(OC(C)(C)C)cn1. The molecule has 3 nitrogen and oxygen atoms in total. The first-order valence-electron chi connectivity index (χ1n) is 5.78. The van der Waals surface area contributed by atoms with Gasteiger partial charge in [0.05, 0.1) is 11.9 Å². The Hall–Kier alpha value is -1.09. The summed E-state index contributed by atoms with van der Waals surface area (Å²) < 4.78 is 5.72. The lowest BCUT2D eigenvalue weighted by molar-refractivity contribution is 0.130. The highest BCUT2D eigenvalue weighted by molar-refractivity contribution is 5.22. The molecule has 0 aromatic carbocycles. The molecule has 0 amide bonds. The van der Waals surface area contributed by atoms with E-state index in [0.29, 0.717) is 6.04 Å². The average molecular weight is 222 g/mol. The molecule has 3 heteroatoms. The normalized spacial score (nSPS) is 13.6. The molecule has 0 aliphatic carbocycles. The van der Waals surface area contributed by atoms with E-state index < -0.39 is 0 Å². The molecule has 16 heavy (non-hydrogen) atoms. The van der Waals surface area contributed by atoms with Crippen molar-refractivity contribution >= 4 is 0 Å². The topological polar surface area (TPSA) is 34.1 Å². The van der Waals surface area contributed by atoms with Gasteiger partial charge in [0.2, 0.25) is 0 Å². The summed E-state index contributed by atoms with van der Waals surface area (Å²) >= 11 is 0. The van der Waals surface area contributed by atoms with Gasteiger partial charge >= 0.3 is 0 Å². The van der Waals surface area contributed by atoms with Crippen LogP contribution in [0.5, 0.6) is 5.75 Å². The molecule has 1 N–H and O–H groups in total. The van der Waals surface area contributed by atoms with Crippen LogP contribution in [0.4, 0.5) is 0 Å². The number of ether oxygens (including phenoxy) is 1. The number of hydrogen-bond acceptors (Lipinski definition) is 3. The lowest BCUT2D eigenvalue weighted by atomic mass is 10.1. The third-order valence-corrected chi connectivity index (χ3v) is 2.30. The summed E-state index contributed by atoms with van der Waals surface area (Å²) in [6.07, 6.45) is 2.82. The minimum absolute atomic E-state index is 0.170. The van der Waals surface area contributed by atoms with E-state index in [9.17, 15) is 0 Å². The Kier molecular flexibility index (Phi) is 4.30. The van der Waals surface area contributed by atoms with Gasteiger partial charge in [0, 0.05) is 6.04 Å². The molecule has 1 rings (SSSR count). The van der Waals surface area contributed by atoms with Gasteiger partial charge < -0.3 is 10.1 Å². The summed E-state index contributed by atoms with van der Waals surface area (Å²) in [5.41, 5.74) is 0.891. The summed E-state index contributed by atoms with van der Waals surface area (Å²) in [5, 5.41) is 3.23. The average Bonchev–Trinajstić information content (AvgIpc) is 2.20. The Bertz CT molecular complexity index is 310. The number of nitrogens with one attached hydrogen (secondary N) is 1. The summed E-state index contributed by atoms with van der Waals surface area (Å²) in [5.74, 6) is 0.821. The van der Waals surface area contributed by atoms with Crippen molar-refractivity contribution in [1.29, 1.82) is 0 Å². The second-order valence-electron chi connectivity index (χ2n) is 4.88. The van der Waals surface area contributed by atoms with Crippen LogP contribution in [-0.4, -0.2) is 17.6 Å². The maximum absolute atomic E-state index is 5.72. The van der Waals surface area contributed by atoms with E-state index in [2.05, 4.69) is 17.2 Å². The van der Waals surface area contributed by atoms with E-state index in [-0.39, 0.29) is 5.60 Å². The lowest BCUT2D eigenvalue weighted by Gasteiger charge is -2.21. The molecule has 0 radical (unpaired) electrons. The summed E-state index contributed by atoms with van der Waals surface area (Å²) in [4.78, 5) is 4.42. The van der Waals surface area contributed by atoms with Crippen LogP contribution in [0.1, 0.15) is 45.9 Å². The van der Waals surface area contributed by atoms with Gasteiger partial charge in [-0.25, -0.2) is 0 Å². The fourth-order valence-corrected chi connectivity index (χ4v) is 1.57. The zero-order valence-corrected chi connectivity index (χ0v) is 10.9. The fourth-order valence-electron chi connectivity index (χ4n) is 1.57. The van der Waals surface area contributed by atoms with Crippen LogP contribution in [0.3, 0.4) is 0 Å². The van der Waals surface area contributed by atoms with Crippen LogP contribution in [-0.2, 0) is 0 Å². The predicted octanol–water partition coefficient (Wildman–Crippen LogP) is 2.93. The first-order chi connectivity index (χ1) is 7.46. The smallest absolute Gasteiger partial charge is 0.138 e. The van der Waals surface area contributed by atoms with Gasteiger partial charge in [-0.15, -0.1) is 0 Å². The highest BCUT2D eigenvalue weighted by Gasteiger charge is 2.13. The monoisotopic (exact) mass is 222 g/mol. The molecule has 0 bridgehead atoms. The van der Waals surface area contributed by atoms with Crippen LogP contribution < -0.4 is 10.1 Å². The number of hydrogen-bond donors (Lipinski definition) is 1. The molecule has 0 saturated carbocycles. The Morgan fingerprint density at radius 1 is 1.38 bits per heavy atom. The number of nitrogens with zero attached hydrogens (tertiary/aromatic N) is 1. The molecule has 0 aliphatic heterocycles. The van der Waals surface area contributed by atoms with E-state index in [1.165, 1.54) is 0 Å². The summed E-state index contributed by atoms with van der Waals surface area (Å²) in [6.45, 7) is 8.23. The molecule has 1 unspecified atom stereocenters. The molecule has 0 saturated heterocycles. The minimum Gasteiger partial charge on any atom is -0.487 e. The zero-order chi connectivity index (χ0) is 12.2. The predicted molar refractivity (Wildman–Crippen MR) is 66.7 cm³/mol. The van der Waals surface area contributed by atoms with Crippen molar-refractivity contribution < 1.29 is 4.74 Å². The minimum atomic E-state index is -0.170. The maximum atomic E-state index is 5.72. The van der Waals surface area contributed by atoms with Gasteiger partial charge in [-0.2, -0.15) is 0 Å². The molecule has 1 atom stereocenters. The van der Waals surface area contributed by atoms with E-state index in [4.69, 9.17) is 4.74 Å². The van der Waals surface area contributed by atoms with E-state index >= 15 is 0 Å². The van der Waals surface area contributed by atoms with Crippen molar-refractivity contribution in [3.63, 3.8) is 0 Å².